The molecule has 1 saturated heterocycles. The number of nitrogens with one attached hydrogen (secondary N) is 1. The summed E-state index contributed by atoms with van der Waals surface area (Å²) < 4.78 is 13.1. The van der Waals surface area contributed by atoms with Crippen molar-refractivity contribution < 1.29 is 9.47 Å². The molecule has 0 aliphatic carbocycles. The molecule has 1 aliphatic heterocycles. The first-order chi connectivity index (χ1) is 17.2. The molecular formula is C27H32N6O2. The Hall–Kier alpha value is -3.65. The highest BCUT2D eigenvalue weighted by Gasteiger charge is 2.17. The average molecular weight is 473 g/mol. The second kappa shape index (κ2) is 10.3. The van der Waals surface area contributed by atoms with Crippen molar-refractivity contribution in [2.75, 3.05) is 38.8 Å². The van der Waals surface area contributed by atoms with Gasteiger partial charge in [-0.25, -0.2) is 4.98 Å². The minimum Gasteiger partial charge on any atom is -0.497 e. The van der Waals surface area contributed by atoms with Gasteiger partial charge in [-0.1, -0.05) is 6.92 Å². The van der Waals surface area contributed by atoms with Crippen LogP contribution in [0.1, 0.15) is 32.2 Å². The van der Waals surface area contributed by atoms with Crippen molar-refractivity contribution in [3.05, 3.63) is 55.0 Å². The van der Waals surface area contributed by atoms with E-state index in [1.54, 1.807) is 14.2 Å². The molecule has 1 aliphatic rings. The molecule has 5 rings (SSSR count). The van der Waals surface area contributed by atoms with Crippen LogP contribution in [0.4, 0.5) is 11.4 Å². The fourth-order valence-electron chi connectivity index (χ4n) is 4.63. The molecule has 0 radical (unpaired) electrons. The van der Waals surface area contributed by atoms with Gasteiger partial charge in [0.15, 0.2) is 0 Å². The van der Waals surface area contributed by atoms with E-state index < -0.39 is 0 Å². The fourth-order valence-corrected chi connectivity index (χ4v) is 4.63. The van der Waals surface area contributed by atoms with E-state index in [2.05, 4.69) is 50.2 Å². The molecule has 0 bridgehead atoms. The molecule has 3 heterocycles. The van der Waals surface area contributed by atoms with E-state index in [4.69, 9.17) is 14.5 Å². The standard InChI is InChI=1S/C27H32N6O2/c1-4-11-32(22-12-23(34-2)15-24(13-22)35-3)21-5-6-25-26(14-21)31-27(17-29-25)19-16-30-33(18-19)20-7-9-28-10-8-20/h5-6,12-18,20,28H,4,7-11H2,1-3H3. The topological polar surface area (TPSA) is 77.3 Å². The highest BCUT2D eigenvalue weighted by molar-refractivity contribution is 5.82. The lowest BCUT2D eigenvalue weighted by atomic mass is 10.1. The van der Waals surface area contributed by atoms with Gasteiger partial charge >= 0.3 is 0 Å². The van der Waals surface area contributed by atoms with Crippen LogP contribution in [-0.2, 0) is 0 Å². The Labute approximate surface area is 205 Å². The predicted octanol–water partition coefficient (Wildman–Crippen LogP) is 4.98. The summed E-state index contributed by atoms with van der Waals surface area (Å²) >= 11 is 0. The first-order valence-electron chi connectivity index (χ1n) is 12.2. The van der Waals surface area contributed by atoms with Gasteiger partial charge in [0, 0.05) is 47.9 Å². The summed E-state index contributed by atoms with van der Waals surface area (Å²) in [5, 5.41) is 8.04. The van der Waals surface area contributed by atoms with Crippen LogP contribution in [0.5, 0.6) is 11.5 Å². The molecule has 0 atom stereocenters. The minimum absolute atomic E-state index is 0.437. The van der Waals surface area contributed by atoms with Crippen molar-refractivity contribution in [3.63, 3.8) is 0 Å². The minimum atomic E-state index is 0.437. The second-order valence-corrected chi connectivity index (χ2v) is 8.84. The summed E-state index contributed by atoms with van der Waals surface area (Å²) in [5.41, 5.74) is 5.60. The van der Waals surface area contributed by atoms with Gasteiger partial charge in [0.2, 0.25) is 0 Å². The quantitative estimate of drug-likeness (QED) is 0.387. The number of hydrogen-bond donors (Lipinski definition) is 1. The Morgan fingerprint density at radius 3 is 2.46 bits per heavy atom. The van der Waals surface area contributed by atoms with Crippen LogP contribution in [0.15, 0.2) is 55.0 Å². The Balaban J connectivity index is 1.49. The molecule has 8 heteroatoms. The predicted molar refractivity (Wildman–Crippen MR) is 139 cm³/mol. The zero-order chi connectivity index (χ0) is 24.2. The van der Waals surface area contributed by atoms with E-state index >= 15 is 0 Å². The Bertz CT molecular complexity index is 1280. The van der Waals surface area contributed by atoms with Crippen LogP contribution < -0.4 is 19.7 Å². The maximum absolute atomic E-state index is 5.50. The number of aromatic nitrogens is 4. The summed E-state index contributed by atoms with van der Waals surface area (Å²) in [5.74, 6) is 1.52. The van der Waals surface area contributed by atoms with E-state index in [-0.39, 0.29) is 0 Å². The van der Waals surface area contributed by atoms with Gasteiger partial charge in [0.1, 0.15) is 11.5 Å². The van der Waals surface area contributed by atoms with Crippen LogP contribution in [0.25, 0.3) is 22.3 Å². The van der Waals surface area contributed by atoms with Crippen molar-refractivity contribution in [2.24, 2.45) is 0 Å². The Kier molecular flexibility index (Phi) is 6.81. The summed E-state index contributed by atoms with van der Waals surface area (Å²) in [4.78, 5) is 11.9. The van der Waals surface area contributed by atoms with Crippen molar-refractivity contribution in [1.82, 2.24) is 25.1 Å². The fraction of sp³-hybridized carbons (Fsp3) is 0.370. The number of anilines is 2. The highest BCUT2D eigenvalue weighted by Crippen LogP contribution is 2.34. The van der Waals surface area contributed by atoms with E-state index in [1.807, 2.05) is 36.7 Å². The number of methoxy groups -OCH3 is 2. The maximum Gasteiger partial charge on any atom is 0.124 e. The number of ether oxygens (including phenoxy) is 2. The third-order valence-corrected chi connectivity index (χ3v) is 6.51. The van der Waals surface area contributed by atoms with Crippen LogP contribution in [-0.4, -0.2) is 53.6 Å². The third kappa shape index (κ3) is 4.93. The number of fused-ring (bicyclic) bond motifs is 1. The van der Waals surface area contributed by atoms with Gasteiger partial charge in [-0.15, -0.1) is 0 Å². The smallest absolute Gasteiger partial charge is 0.124 e. The van der Waals surface area contributed by atoms with Gasteiger partial charge in [-0.2, -0.15) is 5.10 Å². The van der Waals surface area contributed by atoms with Crippen LogP contribution in [0, 0.1) is 0 Å². The van der Waals surface area contributed by atoms with Crippen molar-refractivity contribution >= 4 is 22.4 Å². The molecule has 4 aromatic rings. The zero-order valence-electron chi connectivity index (χ0n) is 20.6. The maximum atomic E-state index is 5.50. The first kappa shape index (κ1) is 23.1. The molecule has 1 fully saturated rings. The lowest BCUT2D eigenvalue weighted by Crippen LogP contribution is -2.29. The summed E-state index contributed by atoms with van der Waals surface area (Å²) in [7, 11) is 3.34. The number of rotatable bonds is 8. The van der Waals surface area contributed by atoms with Gasteiger partial charge in [-0.05, 0) is 50.6 Å². The number of benzene rings is 2. The lowest BCUT2D eigenvalue weighted by molar-refractivity contribution is 0.343. The SMILES string of the molecule is CCCN(c1cc(OC)cc(OC)c1)c1ccc2ncc(-c3cnn(C4CCNCC4)c3)nc2c1. The lowest BCUT2D eigenvalue weighted by Gasteiger charge is -2.25. The molecule has 0 spiro atoms. The second-order valence-electron chi connectivity index (χ2n) is 8.84. The summed E-state index contributed by atoms with van der Waals surface area (Å²) in [6.45, 7) is 5.08. The largest absolute Gasteiger partial charge is 0.497 e. The average Bonchev–Trinajstić information content (AvgIpc) is 3.42. The third-order valence-electron chi connectivity index (χ3n) is 6.51. The normalized spacial score (nSPS) is 14.3. The van der Waals surface area contributed by atoms with E-state index in [9.17, 15) is 0 Å². The molecule has 2 aromatic heterocycles. The molecule has 1 N–H and O–H groups in total. The van der Waals surface area contributed by atoms with Crippen molar-refractivity contribution in [3.8, 4) is 22.8 Å². The molecule has 2 aromatic carbocycles. The highest BCUT2D eigenvalue weighted by atomic mass is 16.5. The number of piperidine rings is 1. The summed E-state index contributed by atoms with van der Waals surface area (Å²) in [6.07, 6.45) is 9.00. The Morgan fingerprint density at radius 1 is 0.971 bits per heavy atom. The van der Waals surface area contributed by atoms with E-state index in [0.29, 0.717) is 6.04 Å². The van der Waals surface area contributed by atoms with Crippen LogP contribution in [0.3, 0.4) is 0 Å². The van der Waals surface area contributed by atoms with E-state index in [0.717, 1.165) is 84.1 Å². The van der Waals surface area contributed by atoms with E-state index in [1.165, 1.54) is 0 Å². The molecule has 8 nitrogen and oxygen atoms in total. The van der Waals surface area contributed by atoms with Gasteiger partial charge in [-0.3, -0.25) is 9.67 Å². The monoisotopic (exact) mass is 472 g/mol. The van der Waals surface area contributed by atoms with Gasteiger partial charge < -0.3 is 19.7 Å². The van der Waals surface area contributed by atoms with Crippen LogP contribution in [0.2, 0.25) is 0 Å². The number of nitrogens with zero attached hydrogens (tertiary/aromatic N) is 5. The molecule has 0 amide bonds. The molecule has 35 heavy (non-hydrogen) atoms. The number of hydrogen-bond acceptors (Lipinski definition) is 7. The van der Waals surface area contributed by atoms with Gasteiger partial charge in [0.05, 0.1) is 49.4 Å². The molecule has 0 saturated carbocycles. The summed E-state index contributed by atoms with van der Waals surface area (Å²) in [6, 6.07) is 12.6. The van der Waals surface area contributed by atoms with Crippen LogP contribution >= 0.6 is 0 Å². The first-order valence-corrected chi connectivity index (χ1v) is 12.2. The van der Waals surface area contributed by atoms with Crippen molar-refractivity contribution in [1.29, 1.82) is 0 Å². The Morgan fingerprint density at radius 2 is 1.74 bits per heavy atom. The molecule has 0 unspecified atom stereocenters. The molecule has 182 valence electrons. The van der Waals surface area contributed by atoms with Crippen molar-refractivity contribution in [2.45, 2.75) is 32.2 Å². The van der Waals surface area contributed by atoms with Gasteiger partial charge in [0.25, 0.3) is 0 Å². The molecular weight excluding hydrogens is 440 g/mol. The zero-order valence-corrected chi connectivity index (χ0v) is 20.6.